The summed E-state index contributed by atoms with van der Waals surface area (Å²) < 4.78 is 15.2. The molecule has 0 heterocycles. The van der Waals surface area contributed by atoms with Gasteiger partial charge >= 0.3 is 5.97 Å². The fraction of sp³-hybridized carbons (Fsp3) is 0.462. The zero-order valence-electron chi connectivity index (χ0n) is 10.4. The minimum atomic E-state index is -0.554. The first-order valence-corrected chi connectivity index (χ1v) is 5.86. The number of esters is 1. The van der Waals surface area contributed by atoms with Crippen LogP contribution in [0.3, 0.4) is 0 Å². The van der Waals surface area contributed by atoms with E-state index in [0.29, 0.717) is 26.4 Å². The summed E-state index contributed by atoms with van der Waals surface area (Å²) in [6.07, 6.45) is 0. The van der Waals surface area contributed by atoms with E-state index >= 15 is 0 Å². The highest BCUT2D eigenvalue weighted by atomic mass is 16.6. The lowest BCUT2D eigenvalue weighted by Crippen LogP contribution is -2.13. The molecule has 0 aromatic heterocycles. The number of rotatable bonds is 8. The monoisotopic (exact) mass is 254 g/mol. The number of ether oxygens (including phenoxy) is 3. The zero-order valence-corrected chi connectivity index (χ0v) is 10.4. The maximum absolute atomic E-state index is 11.5. The normalized spacial score (nSPS) is 10.3. The molecule has 0 unspecified atom stereocenters. The van der Waals surface area contributed by atoms with Crippen molar-refractivity contribution in [3.63, 3.8) is 0 Å². The van der Waals surface area contributed by atoms with Crippen LogP contribution in [0.5, 0.6) is 5.75 Å². The van der Waals surface area contributed by atoms with Crippen LogP contribution in [0.4, 0.5) is 0 Å². The third kappa shape index (κ3) is 5.16. The molecule has 0 bridgehead atoms. The van der Waals surface area contributed by atoms with Gasteiger partial charge in [0.25, 0.3) is 0 Å². The molecule has 0 amide bonds. The average molecular weight is 254 g/mol. The number of carbonyl (C=O) groups is 1. The Morgan fingerprint density at radius 1 is 1.11 bits per heavy atom. The van der Waals surface area contributed by atoms with E-state index in [9.17, 15) is 9.90 Å². The summed E-state index contributed by atoms with van der Waals surface area (Å²) in [5.41, 5.74) is 0.159. The van der Waals surface area contributed by atoms with E-state index in [1.54, 1.807) is 12.1 Å². The molecule has 1 N–H and O–H groups in total. The van der Waals surface area contributed by atoms with E-state index in [4.69, 9.17) is 14.2 Å². The topological polar surface area (TPSA) is 65.0 Å². The smallest absolute Gasteiger partial charge is 0.341 e. The summed E-state index contributed by atoms with van der Waals surface area (Å²) in [6, 6.07) is 6.25. The molecule has 0 aliphatic carbocycles. The maximum Gasteiger partial charge on any atom is 0.341 e. The Labute approximate surface area is 106 Å². The van der Waals surface area contributed by atoms with Crippen molar-refractivity contribution in [3.8, 4) is 5.75 Å². The fourth-order valence-corrected chi connectivity index (χ4v) is 1.28. The predicted octanol–water partition coefficient (Wildman–Crippen LogP) is 1.60. The van der Waals surface area contributed by atoms with E-state index in [1.807, 2.05) is 6.92 Å². The number of hydrogen-bond donors (Lipinski definition) is 1. The van der Waals surface area contributed by atoms with Crippen molar-refractivity contribution < 1.29 is 24.1 Å². The number of para-hydroxylation sites is 1. The highest BCUT2D eigenvalue weighted by Gasteiger charge is 2.10. The number of hydrogen-bond acceptors (Lipinski definition) is 5. The van der Waals surface area contributed by atoms with Gasteiger partial charge in [0, 0.05) is 6.61 Å². The summed E-state index contributed by atoms with van der Waals surface area (Å²) in [6.45, 7) is 4.04. The fourth-order valence-electron chi connectivity index (χ4n) is 1.28. The average Bonchev–Trinajstić information content (AvgIpc) is 2.38. The molecular formula is C13H18O5. The lowest BCUT2D eigenvalue weighted by Gasteiger charge is -2.07. The molecule has 5 nitrogen and oxygen atoms in total. The van der Waals surface area contributed by atoms with Crippen LogP contribution in [0.1, 0.15) is 17.3 Å². The van der Waals surface area contributed by atoms with Crippen molar-refractivity contribution in [3.05, 3.63) is 29.8 Å². The summed E-state index contributed by atoms with van der Waals surface area (Å²) in [4.78, 5) is 11.5. The molecule has 0 saturated heterocycles. The molecular weight excluding hydrogens is 236 g/mol. The molecule has 5 heteroatoms. The number of phenols is 1. The number of aromatic hydroxyl groups is 1. The van der Waals surface area contributed by atoms with E-state index < -0.39 is 5.97 Å². The first kappa shape index (κ1) is 14.5. The van der Waals surface area contributed by atoms with Crippen molar-refractivity contribution >= 4 is 5.97 Å². The number of phenolic OH excluding ortho intramolecular Hbond substituents is 1. The number of carbonyl (C=O) groups excluding carboxylic acids is 1. The first-order valence-electron chi connectivity index (χ1n) is 5.86. The van der Waals surface area contributed by atoms with Gasteiger partial charge in [-0.1, -0.05) is 12.1 Å². The van der Waals surface area contributed by atoms with Crippen LogP contribution in [-0.2, 0) is 14.2 Å². The molecule has 18 heavy (non-hydrogen) atoms. The summed E-state index contributed by atoms with van der Waals surface area (Å²) in [5.74, 6) is -0.638. The Balaban J connectivity index is 2.16. The quantitative estimate of drug-likeness (QED) is 0.564. The van der Waals surface area contributed by atoms with Gasteiger partial charge in [-0.2, -0.15) is 0 Å². The Kier molecular flexibility index (Phi) is 6.83. The molecule has 0 saturated carbocycles. The van der Waals surface area contributed by atoms with E-state index in [1.165, 1.54) is 12.1 Å². The first-order chi connectivity index (χ1) is 8.75. The second kappa shape index (κ2) is 8.49. The Bertz CT molecular complexity index is 364. The lowest BCUT2D eigenvalue weighted by atomic mass is 10.2. The van der Waals surface area contributed by atoms with Gasteiger partial charge in [0.05, 0.1) is 19.8 Å². The van der Waals surface area contributed by atoms with Crippen LogP contribution < -0.4 is 0 Å². The van der Waals surface area contributed by atoms with Gasteiger partial charge in [-0.25, -0.2) is 4.79 Å². The Morgan fingerprint density at radius 3 is 2.50 bits per heavy atom. The molecule has 1 aromatic rings. The van der Waals surface area contributed by atoms with Crippen LogP contribution in [0.2, 0.25) is 0 Å². The third-order valence-electron chi connectivity index (χ3n) is 2.16. The van der Waals surface area contributed by atoms with Crippen LogP contribution in [0.25, 0.3) is 0 Å². The van der Waals surface area contributed by atoms with Crippen LogP contribution in [0.15, 0.2) is 24.3 Å². The largest absolute Gasteiger partial charge is 0.507 e. The lowest BCUT2D eigenvalue weighted by molar-refractivity contribution is 0.0162. The Morgan fingerprint density at radius 2 is 1.78 bits per heavy atom. The van der Waals surface area contributed by atoms with Crippen LogP contribution in [-0.4, -0.2) is 44.1 Å². The molecule has 1 aromatic carbocycles. The second-order valence-electron chi connectivity index (χ2n) is 3.46. The van der Waals surface area contributed by atoms with E-state index in [2.05, 4.69) is 0 Å². The molecule has 0 spiro atoms. The molecule has 0 atom stereocenters. The van der Waals surface area contributed by atoms with E-state index in [-0.39, 0.29) is 17.9 Å². The van der Waals surface area contributed by atoms with Gasteiger partial charge in [-0.05, 0) is 19.1 Å². The molecule has 1 rings (SSSR count). The van der Waals surface area contributed by atoms with Crippen LogP contribution in [0, 0.1) is 0 Å². The van der Waals surface area contributed by atoms with Crippen molar-refractivity contribution in [2.24, 2.45) is 0 Å². The Hall–Kier alpha value is -1.59. The molecule has 100 valence electrons. The molecule has 0 radical (unpaired) electrons. The second-order valence-corrected chi connectivity index (χ2v) is 3.46. The summed E-state index contributed by atoms with van der Waals surface area (Å²) in [5, 5.41) is 9.43. The van der Waals surface area contributed by atoms with Crippen molar-refractivity contribution in [1.29, 1.82) is 0 Å². The highest BCUT2D eigenvalue weighted by molar-refractivity contribution is 5.92. The number of benzene rings is 1. The summed E-state index contributed by atoms with van der Waals surface area (Å²) >= 11 is 0. The zero-order chi connectivity index (χ0) is 13.2. The third-order valence-corrected chi connectivity index (χ3v) is 2.16. The van der Waals surface area contributed by atoms with Gasteiger partial charge in [0.1, 0.15) is 17.9 Å². The van der Waals surface area contributed by atoms with Crippen LogP contribution >= 0.6 is 0 Å². The van der Waals surface area contributed by atoms with Crippen molar-refractivity contribution in [1.82, 2.24) is 0 Å². The predicted molar refractivity (Wildman–Crippen MR) is 65.7 cm³/mol. The van der Waals surface area contributed by atoms with Gasteiger partial charge in [-0.3, -0.25) is 0 Å². The van der Waals surface area contributed by atoms with Gasteiger partial charge < -0.3 is 19.3 Å². The molecule has 0 aliphatic rings. The minimum Gasteiger partial charge on any atom is -0.507 e. The van der Waals surface area contributed by atoms with Crippen molar-refractivity contribution in [2.75, 3.05) is 33.0 Å². The highest BCUT2D eigenvalue weighted by Crippen LogP contribution is 2.16. The van der Waals surface area contributed by atoms with Crippen molar-refractivity contribution in [2.45, 2.75) is 6.92 Å². The van der Waals surface area contributed by atoms with Gasteiger partial charge in [-0.15, -0.1) is 0 Å². The van der Waals surface area contributed by atoms with Gasteiger partial charge in [0.15, 0.2) is 0 Å². The SMILES string of the molecule is CCOCCOCCOC(=O)c1ccccc1O. The summed E-state index contributed by atoms with van der Waals surface area (Å²) in [7, 11) is 0. The maximum atomic E-state index is 11.5. The van der Waals surface area contributed by atoms with Gasteiger partial charge in [0.2, 0.25) is 0 Å². The molecule has 0 aliphatic heterocycles. The minimum absolute atomic E-state index is 0.0836. The van der Waals surface area contributed by atoms with E-state index in [0.717, 1.165) is 0 Å². The molecule has 0 fully saturated rings. The standard InChI is InChI=1S/C13H18O5/c1-2-16-7-8-17-9-10-18-13(15)11-5-3-4-6-12(11)14/h3-6,14H,2,7-10H2,1H3.